The molecule has 1 fully saturated rings. The highest BCUT2D eigenvalue weighted by Gasteiger charge is 2.24. The van der Waals surface area contributed by atoms with Crippen molar-refractivity contribution in [3.63, 3.8) is 0 Å². The third-order valence-electron chi connectivity index (χ3n) is 3.02. The molecular weight excluding hydrogens is 260 g/mol. The standard InChI is InChI=1S/C14H18N2O4/c1-16(8-10-5-6-10)14(19)15-11-3-2-4-12(7-11)20-9-13(17)18/h2-4,7,10H,5-6,8-9H2,1H3,(H,15,19)(H,17,18). The van der Waals surface area contributed by atoms with Crippen LogP contribution in [-0.2, 0) is 4.79 Å². The molecule has 0 bridgehead atoms. The highest BCUT2D eigenvalue weighted by Crippen LogP contribution is 2.29. The lowest BCUT2D eigenvalue weighted by Crippen LogP contribution is -2.32. The van der Waals surface area contributed by atoms with Crippen LogP contribution in [-0.4, -0.2) is 42.2 Å². The molecule has 0 aromatic heterocycles. The lowest BCUT2D eigenvalue weighted by Gasteiger charge is -2.17. The number of amides is 2. The number of benzene rings is 1. The van der Waals surface area contributed by atoms with Crippen LogP contribution in [0.3, 0.4) is 0 Å². The average Bonchev–Trinajstić information content (AvgIpc) is 3.20. The Kier molecular flexibility index (Phi) is 4.45. The van der Waals surface area contributed by atoms with Gasteiger partial charge in [-0.3, -0.25) is 0 Å². The number of carboxylic acids is 1. The van der Waals surface area contributed by atoms with Gasteiger partial charge in [0.2, 0.25) is 0 Å². The van der Waals surface area contributed by atoms with Gasteiger partial charge in [-0.2, -0.15) is 0 Å². The first kappa shape index (κ1) is 14.2. The number of rotatable bonds is 6. The summed E-state index contributed by atoms with van der Waals surface area (Å²) in [6, 6.07) is 6.51. The number of anilines is 1. The molecule has 1 aliphatic carbocycles. The Morgan fingerprint density at radius 1 is 1.45 bits per heavy atom. The van der Waals surface area contributed by atoms with Gasteiger partial charge >= 0.3 is 12.0 Å². The van der Waals surface area contributed by atoms with Gasteiger partial charge in [0.1, 0.15) is 5.75 Å². The van der Waals surface area contributed by atoms with E-state index < -0.39 is 12.6 Å². The van der Waals surface area contributed by atoms with E-state index in [-0.39, 0.29) is 6.03 Å². The van der Waals surface area contributed by atoms with Crippen LogP contribution in [0.25, 0.3) is 0 Å². The minimum absolute atomic E-state index is 0.174. The molecule has 1 aromatic carbocycles. The average molecular weight is 278 g/mol. The topological polar surface area (TPSA) is 78.9 Å². The van der Waals surface area contributed by atoms with E-state index in [0.717, 1.165) is 6.54 Å². The van der Waals surface area contributed by atoms with Crippen molar-refractivity contribution in [1.29, 1.82) is 0 Å². The van der Waals surface area contributed by atoms with Gasteiger partial charge in [-0.15, -0.1) is 0 Å². The van der Waals surface area contributed by atoms with Gasteiger partial charge in [0, 0.05) is 25.3 Å². The first-order chi connectivity index (χ1) is 9.54. The molecule has 2 amide bonds. The van der Waals surface area contributed by atoms with E-state index in [4.69, 9.17) is 9.84 Å². The molecule has 1 aliphatic rings. The van der Waals surface area contributed by atoms with E-state index in [1.165, 1.54) is 12.8 Å². The van der Waals surface area contributed by atoms with Crippen molar-refractivity contribution in [2.75, 3.05) is 25.5 Å². The molecule has 108 valence electrons. The number of hydrogen-bond acceptors (Lipinski definition) is 3. The van der Waals surface area contributed by atoms with Crippen molar-refractivity contribution < 1.29 is 19.4 Å². The number of ether oxygens (including phenoxy) is 1. The van der Waals surface area contributed by atoms with Crippen LogP contribution < -0.4 is 10.1 Å². The molecule has 6 nitrogen and oxygen atoms in total. The highest BCUT2D eigenvalue weighted by atomic mass is 16.5. The Labute approximate surface area is 117 Å². The summed E-state index contributed by atoms with van der Waals surface area (Å²) >= 11 is 0. The Morgan fingerprint density at radius 3 is 2.85 bits per heavy atom. The quantitative estimate of drug-likeness (QED) is 0.834. The summed E-state index contributed by atoms with van der Waals surface area (Å²) in [5, 5.41) is 11.3. The summed E-state index contributed by atoms with van der Waals surface area (Å²) in [5.41, 5.74) is 0.584. The van der Waals surface area contributed by atoms with Gasteiger partial charge in [-0.25, -0.2) is 9.59 Å². The molecule has 1 saturated carbocycles. The van der Waals surface area contributed by atoms with Gasteiger partial charge < -0.3 is 20.1 Å². The molecule has 0 heterocycles. The smallest absolute Gasteiger partial charge is 0.341 e. The van der Waals surface area contributed by atoms with Gasteiger partial charge in [0.15, 0.2) is 6.61 Å². The van der Waals surface area contributed by atoms with E-state index in [9.17, 15) is 9.59 Å². The number of nitrogens with zero attached hydrogens (tertiary/aromatic N) is 1. The minimum Gasteiger partial charge on any atom is -0.482 e. The highest BCUT2D eigenvalue weighted by molar-refractivity contribution is 5.89. The maximum Gasteiger partial charge on any atom is 0.341 e. The van der Waals surface area contributed by atoms with Gasteiger partial charge in [0.25, 0.3) is 0 Å². The Bertz CT molecular complexity index is 500. The van der Waals surface area contributed by atoms with E-state index in [2.05, 4.69) is 5.32 Å². The molecular formula is C14H18N2O4. The van der Waals surface area contributed by atoms with E-state index in [1.807, 2.05) is 0 Å². The van der Waals surface area contributed by atoms with Gasteiger partial charge in [0.05, 0.1) is 0 Å². The molecule has 0 saturated heterocycles. The van der Waals surface area contributed by atoms with Crippen LogP contribution in [0.15, 0.2) is 24.3 Å². The summed E-state index contributed by atoms with van der Waals surface area (Å²) in [6.07, 6.45) is 2.38. The maximum absolute atomic E-state index is 11.9. The largest absolute Gasteiger partial charge is 0.482 e. The molecule has 1 aromatic rings. The second-order valence-corrected chi connectivity index (χ2v) is 4.96. The molecule has 0 aliphatic heterocycles. The van der Waals surface area contributed by atoms with Crippen LogP contribution in [0.4, 0.5) is 10.5 Å². The zero-order valence-electron chi connectivity index (χ0n) is 11.3. The van der Waals surface area contributed by atoms with Crippen molar-refractivity contribution in [1.82, 2.24) is 4.90 Å². The zero-order chi connectivity index (χ0) is 14.5. The number of nitrogens with one attached hydrogen (secondary N) is 1. The van der Waals surface area contributed by atoms with Crippen molar-refractivity contribution in [3.8, 4) is 5.75 Å². The molecule has 0 atom stereocenters. The molecule has 0 spiro atoms. The number of carboxylic acid groups (broad SMARTS) is 1. The second kappa shape index (κ2) is 6.27. The molecule has 0 unspecified atom stereocenters. The number of aliphatic carboxylic acids is 1. The molecule has 2 rings (SSSR count). The fraction of sp³-hybridized carbons (Fsp3) is 0.429. The number of hydrogen-bond donors (Lipinski definition) is 2. The van der Waals surface area contributed by atoms with Crippen molar-refractivity contribution in [2.24, 2.45) is 5.92 Å². The predicted molar refractivity (Wildman–Crippen MR) is 73.9 cm³/mol. The third-order valence-corrected chi connectivity index (χ3v) is 3.02. The Morgan fingerprint density at radius 2 is 2.20 bits per heavy atom. The summed E-state index contributed by atoms with van der Waals surface area (Å²) in [6.45, 7) is 0.361. The van der Waals surface area contributed by atoms with Gasteiger partial charge in [-0.05, 0) is 30.9 Å². The summed E-state index contributed by atoms with van der Waals surface area (Å²) in [5.74, 6) is 0.00892. The second-order valence-electron chi connectivity index (χ2n) is 4.96. The minimum atomic E-state index is -1.04. The van der Waals surface area contributed by atoms with Gasteiger partial charge in [-0.1, -0.05) is 6.07 Å². The van der Waals surface area contributed by atoms with E-state index in [1.54, 1.807) is 36.2 Å². The van der Waals surface area contributed by atoms with Crippen LogP contribution >= 0.6 is 0 Å². The van der Waals surface area contributed by atoms with Crippen LogP contribution in [0, 0.1) is 5.92 Å². The monoisotopic (exact) mass is 278 g/mol. The molecule has 6 heteroatoms. The lowest BCUT2D eigenvalue weighted by atomic mass is 10.3. The zero-order valence-corrected chi connectivity index (χ0v) is 11.3. The normalized spacial score (nSPS) is 13.7. The number of carbonyl (C=O) groups excluding carboxylic acids is 1. The third kappa shape index (κ3) is 4.46. The van der Waals surface area contributed by atoms with Crippen molar-refractivity contribution >= 4 is 17.7 Å². The summed E-state index contributed by atoms with van der Waals surface area (Å²) in [4.78, 5) is 24.0. The lowest BCUT2D eigenvalue weighted by molar-refractivity contribution is -0.139. The van der Waals surface area contributed by atoms with Crippen LogP contribution in [0.1, 0.15) is 12.8 Å². The SMILES string of the molecule is CN(CC1CC1)C(=O)Nc1cccc(OCC(=O)O)c1. The van der Waals surface area contributed by atoms with Crippen LogP contribution in [0.2, 0.25) is 0 Å². The first-order valence-electron chi connectivity index (χ1n) is 6.51. The number of carbonyl (C=O) groups is 2. The van der Waals surface area contributed by atoms with Crippen LogP contribution in [0.5, 0.6) is 5.75 Å². The fourth-order valence-electron chi connectivity index (χ4n) is 1.80. The predicted octanol–water partition coefficient (Wildman–Crippen LogP) is 2.02. The first-order valence-corrected chi connectivity index (χ1v) is 6.51. The summed E-state index contributed by atoms with van der Waals surface area (Å²) < 4.78 is 5.06. The molecule has 20 heavy (non-hydrogen) atoms. The summed E-state index contributed by atoms with van der Waals surface area (Å²) in [7, 11) is 1.76. The van der Waals surface area contributed by atoms with E-state index in [0.29, 0.717) is 17.4 Å². The Hall–Kier alpha value is -2.24. The Balaban J connectivity index is 1.89. The maximum atomic E-state index is 11.9. The van der Waals surface area contributed by atoms with E-state index >= 15 is 0 Å². The molecule has 2 N–H and O–H groups in total. The van der Waals surface area contributed by atoms with Crippen molar-refractivity contribution in [3.05, 3.63) is 24.3 Å². The molecule has 0 radical (unpaired) electrons. The van der Waals surface area contributed by atoms with Crippen molar-refractivity contribution in [2.45, 2.75) is 12.8 Å². The fourth-order valence-corrected chi connectivity index (χ4v) is 1.80. The number of urea groups is 1.